The Hall–Kier alpha value is -2.48. The zero-order valence-corrected chi connectivity index (χ0v) is 13.7. The molecule has 2 aliphatic rings. The molecule has 24 heavy (non-hydrogen) atoms. The molecule has 126 valence electrons. The van der Waals surface area contributed by atoms with Gasteiger partial charge in [0.2, 0.25) is 0 Å². The Morgan fingerprint density at radius 1 is 1.42 bits per heavy atom. The molecule has 2 aromatic heterocycles. The molecule has 8 heteroatoms. The van der Waals surface area contributed by atoms with Crippen LogP contribution in [0.5, 0.6) is 0 Å². The van der Waals surface area contributed by atoms with Gasteiger partial charge in [0.05, 0.1) is 30.6 Å². The second kappa shape index (κ2) is 5.55. The number of ether oxygens (including phenoxy) is 1. The van der Waals surface area contributed by atoms with Gasteiger partial charge in [-0.05, 0) is 13.3 Å². The predicted molar refractivity (Wildman–Crippen MR) is 84.6 cm³/mol. The average molecular weight is 329 g/mol. The largest absolute Gasteiger partial charge is 0.370 e. The molecule has 0 unspecified atom stereocenters. The molecule has 0 aromatic carbocycles. The Kier molecular flexibility index (Phi) is 3.49. The van der Waals surface area contributed by atoms with Gasteiger partial charge in [0, 0.05) is 38.1 Å². The zero-order chi connectivity index (χ0) is 16.8. The predicted octanol–water partition coefficient (Wildman–Crippen LogP) is 0.271. The molecule has 2 aromatic rings. The minimum atomic E-state index is -0.237. The fourth-order valence-electron chi connectivity index (χ4n) is 3.42. The van der Waals surface area contributed by atoms with Gasteiger partial charge in [-0.25, -0.2) is 4.68 Å². The molecule has 1 saturated heterocycles. The molecule has 0 bridgehead atoms. The zero-order valence-electron chi connectivity index (χ0n) is 13.7. The van der Waals surface area contributed by atoms with Gasteiger partial charge >= 0.3 is 0 Å². The molecule has 2 aliphatic heterocycles. The summed E-state index contributed by atoms with van der Waals surface area (Å²) in [7, 11) is 1.83. The van der Waals surface area contributed by atoms with Crippen LogP contribution in [0.2, 0.25) is 0 Å². The summed E-state index contributed by atoms with van der Waals surface area (Å²) in [4.78, 5) is 26.8. The number of fused-ring (bicyclic) bond motifs is 3. The topological polar surface area (TPSA) is 82.2 Å². The van der Waals surface area contributed by atoms with Gasteiger partial charge in [-0.2, -0.15) is 0 Å². The van der Waals surface area contributed by atoms with E-state index < -0.39 is 0 Å². The maximum atomic E-state index is 12.8. The average Bonchev–Trinajstić information content (AvgIpc) is 3.06. The van der Waals surface area contributed by atoms with Crippen molar-refractivity contribution in [3.05, 3.63) is 45.6 Å². The van der Waals surface area contributed by atoms with E-state index in [2.05, 4.69) is 10.3 Å². The number of hydrogen-bond acceptors (Lipinski definition) is 5. The summed E-state index contributed by atoms with van der Waals surface area (Å²) in [5, 5.41) is 8.07. The lowest BCUT2D eigenvalue weighted by Gasteiger charge is -2.40. The normalized spacial score (nSPS) is 22.8. The summed E-state index contributed by atoms with van der Waals surface area (Å²) in [5.74, 6) is -0.235. The Balaban J connectivity index is 1.62. The molecule has 2 atom stereocenters. The van der Waals surface area contributed by atoms with Crippen LogP contribution >= 0.6 is 0 Å². The molecule has 0 radical (unpaired) electrons. The quantitative estimate of drug-likeness (QED) is 0.750. The maximum Gasteiger partial charge on any atom is 0.259 e. The van der Waals surface area contributed by atoms with Crippen molar-refractivity contribution >= 4 is 5.91 Å². The van der Waals surface area contributed by atoms with Gasteiger partial charge in [0.25, 0.3) is 5.91 Å². The van der Waals surface area contributed by atoms with Gasteiger partial charge in [-0.15, -0.1) is 5.10 Å². The molecule has 1 fully saturated rings. The first-order chi connectivity index (χ1) is 11.5. The highest BCUT2D eigenvalue weighted by Gasteiger charge is 2.38. The molecular weight excluding hydrogens is 310 g/mol. The number of likely N-dealkylation sites (tertiary alicyclic amines) is 1. The maximum absolute atomic E-state index is 12.8. The van der Waals surface area contributed by atoms with Crippen LogP contribution in [0.3, 0.4) is 0 Å². The first-order valence-corrected chi connectivity index (χ1v) is 8.02. The van der Waals surface area contributed by atoms with E-state index in [0.29, 0.717) is 19.7 Å². The van der Waals surface area contributed by atoms with Crippen molar-refractivity contribution in [1.29, 1.82) is 0 Å². The monoisotopic (exact) mass is 329 g/mol. The van der Waals surface area contributed by atoms with E-state index in [1.165, 1.54) is 6.07 Å². The number of pyridine rings is 1. The molecule has 4 heterocycles. The minimum absolute atomic E-state index is 0.0316. The van der Waals surface area contributed by atoms with Gasteiger partial charge in [-0.1, -0.05) is 5.21 Å². The number of hydrogen-bond donors (Lipinski definition) is 0. The van der Waals surface area contributed by atoms with Crippen molar-refractivity contribution in [2.24, 2.45) is 7.05 Å². The summed E-state index contributed by atoms with van der Waals surface area (Å²) < 4.78 is 9.49. The molecular formula is C16H19N5O3. The van der Waals surface area contributed by atoms with Gasteiger partial charge in [-0.3, -0.25) is 9.59 Å². The fraction of sp³-hybridized carbons (Fsp3) is 0.500. The van der Waals surface area contributed by atoms with E-state index in [0.717, 1.165) is 17.8 Å². The Morgan fingerprint density at radius 2 is 2.25 bits per heavy atom. The van der Waals surface area contributed by atoms with Crippen LogP contribution in [0.4, 0.5) is 0 Å². The van der Waals surface area contributed by atoms with Crippen LogP contribution in [0.25, 0.3) is 0 Å². The number of piperidine rings is 1. The van der Waals surface area contributed by atoms with Crippen molar-refractivity contribution < 1.29 is 9.53 Å². The Labute approximate surface area is 138 Å². The van der Waals surface area contributed by atoms with Crippen LogP contribution < -0.4 is 5.43 Å². The third-order valence-electron chi connectivity index (χ3n) is 4.93. The highest BCUT2D eigenvalue weighted by molar-refractivity contribution is 5.94. The minimum Gasteiger partial charge on any atom is -0.370 e. The van der Waals surface area contributed by atoms with Crippen molar-refractivity contribution in [2.75, 3.05) is 13.1 Å². The number of nitrogens with zero attached hydrogens (tertiary/aromatic N) is 5. The molecule has 0 spiro atoms. The fourth-order valence-corrected chi connectivity index (χ4v) is 3.42. The van der Waals surface area contributed by atoms with Crippen molar-refractivity contribution in [3.63, 3.8) is 0 Å². The number of carbonyl (C=O) groups excluding carboxylic acids is 1. The summed E-state index contributed by atoms with van der Waals surface area (Å²) in [6, 6.07) is 1.45. The summed E-state index contributed by atoms with van der Waals surface area (Å²) >= 11 is 0. The lowest BCUT2D eigenvalue weighted by atomic mass is 9.99. The third kappa shape index (κ3) is 2.34. The Morgan fingerprint density at radius 3 is 3.08 bits per heavy atom. The van der Waals surface area contributed by atoms with E-state index in [9.17, 15) is 9.59 Å². The highest BCUT2D eigenvalue weighted by Crippen LogP contribution is 2.30. The summed E-state index contributed by atoms with van der Waals surface area (Å²) in [5.41, 5.74) is 1.70. The van der Waals surface area contributed by atoms with E-state index in [1.54, 1.807) is 21.9 Å². The number of carbonyl (C=O) groups is 1. The van der Waals surface area contributed by atoms with Gasteiger partial charge in [0.1, 0.15) is 5.56 Å². The number of amides is 1. The molecule has 0 saturated carbocycles. The second-order valence-corrected chi connectivity index (χ2v) is 6.43. The standard InChI is InChI=1S/C16H19N5O3/c1-10-5-14(22)12(7-19(10)2)16(23)20-4-3-15-13(8-20)21-11(9-24-15)6-17-18-21/h5-7,13,15H,3-4,8-9H2,1-2H3/t13-,15+/m1/s1. The number of aromatic nitrogens is 4. The lowest BCUT2D eigenvalue weighted by molar-refractivity contribution is -0.0605. The Bertz CT molecular complexity index is 856. The number of aryl methyl sites for hydroxylation is 2. The van der Waals surface area contributed by atoms with Crippen LogP contribution in [0, 0.1) is 6.92 Å². The molecule has 8 nitrogen and oxygen atoms in total. The van der Waals surface area contributed by atoms with E-state index in [-0.39, 0.29) is 29.0 Å². The van der Waals surface area contributed by atoms with Crippen LogP contribution in [0.1, 0.15) is 34.2 Å². The first kappa shape index (κ1) is 15.1. The molecule has 4 rings (SSSR count). The van der Waals surface area contributed by atoms with Crippen LogP contribution in [0.15, 0.2) is 23.3 Å². The molecule has 0 aliphatic carbocycles. The summed E-state index contributed by atoms with van der Waals surface area (Å²) in [6.07, 6.45) is 4.06. The van der Waals surface area contributed by atoms with Crippen LogP contribution in [-0.2, 0) is 18.4 Å². The van der Waals surface area contributed by atoms with Crippen molar-refractivity contribution in [1.82, 2.24) is 24.5 Å². The van der Waals surface area contributed by atoms with Crippen molar-refractivity contribution in [3.8, 4) is 0 Å². The van der Waals surface area contributed by atoms with Crippen LogP contribution in [-0.4, -0.2) is 49.6 Å². The van der Waals surface area contributed by atoms with Gasteiger partial charge < -0.3 is 14.2 Å². The van der Waals surface area contributed by atoms with E-state index in [1.807, 2.05) is 18.7 Å². The lowest BCUT2D eigenvalue weighted by Crippen LogP contribution is -2.50. The van der Waals surface area contributed by atoms with E-state index >= 15 is 0 Å². The second-order valence-electron chi connectivity index (χ2n) is 6.43. The third-order valence-corrected chi connectivity index (χ3v) is 4.93. The van der Waals surface area contributed by atoms with Crippen molar-refractivity contribution in [2.45, 2.75) is 32.1 Å². The summed E-state index contributed by atoms with van der Waals surface area (Å²) in [6.45, 7) is 3.38. The molecule has 1 amide bonds. The highest BCUT2D eigenvalue weighted by atomic mass is 16.5. The smallest absolute Gasteiger partial charge is 0.259 e. The molecule has 0 N–H and O–H groups in total. The number of rotatable bonds is 1. The SMILES string of the molecule is Cc1cc(=O)c(C(=O)N2CC[C@@H]3OCc4cnnn4[C@@H]3C2)cn1C. The first-order valence-electron chi connectivity index (χ1n) is 8.02. The van der Waals surface area contributed by atoms with E-state index in [4.69, 9.17) is 4.74 Å². The van der Waals surface area contributed by atoms with Gasteiger partial charge in [0.15, 0.2) is 5.43 Å².